The van der Waals surface area contributed by atoms with Crippen LogP contribution in [0, 0.1) is 20.8 Å². The molecule has 7 nitrogen and oxygen atoms in total. The summed E-state index contributed by atoms with van der Waals surface area (Å²) in [6, 6.07) is 7.14. The monoisotopic (exact) mass is 351 g/mol. The quantitative estimate of drug-likeness (QED) is 0.712. The normalized spacial score (nSPS) is 12.2. The van der Waals surface area contributed by atoms with E-state index in [0.29, 0.717) is 28.3 Å². The molecule has 2 heterocycles. The van der Waals surface area contributed by atoms with Crippen LogP contribution in [-0.4, -0.2) is 36.8 Å². The Hall–Kier alpha value is -3.09. The highest BCUT2D eigenvalue weighted by Crippen LogP contribution is 2.23. The van der Waals surface area contributed by atoms with Crippen LogP contribution in [0.5, 0.6) is 0 Å². The zero-order chi connectivity index (χ0) is 19.0. The van der Waals surface area contributed by atoms with E-state index in [0.717, 1.165) is 11.1 Å². The maximum Gasteiger partial charge on any atom is 0.205 e. The molecule has 0 saturated heterocycles. The number of hydrogen-bond donors (Lipinski definition) is 1. The van der Waals surface area contributed by atoms with Crippen molar-refractivity contribution in [1.29, 1.82) is 0 Å². The fourth-order valence-electron chi connectivity index (χ4n) is 3.05. The third-order valence-electron chi connectivity index (χ3n) is 4.50. The Morgan fingerprint density at radius 1 is 1.12 bits per heavy atom. The summed E-state index contributed by atoms with van der Waals surface area (Å²) in [6.45, 7) is 8.77. The van der Waals surface area contributed by atoms with Gasteiger partial charge in [-0.3, -0.25) is 9.59 Å². The number of ketones is 2. The van der Waals surface area contributed by atoms with Gasteiger partial charge in [-0.1, -0.05) is 29.8 Å². The number of carbonyl (C=O) groups is 2. The minimum absolute atomic E-state index is 0.0662. The molecule has 2 aromatic heterocycles. The van der Waals surface area contributed by atoms with Gasteiger partial charge < -0.3 is 4.98 Å². The molecule has 7 heteroatoms. The number of rotatable bonds is 5. The summed E-state index contributed by atoms with van der Waals surface area (Å²) in [7, 11) is 0. The first kappa shape index (κ1) is 17.7. The van der Waals surface area contributed by atoms with Gasteiger partial charge in [0.2, 0.25) is 11.6 Å². The van der Waals surface area contributed by atoms with E-state index in [9.17, 15) is 9.59 Å². The lowest BCUT2D eigenvalue weighted by molar-refractivity contribution is 0.0912. The van der Waals surface area contributed by atoms with E-state index in [1.165, 1.54) is 11.7 Å². The van der Waals surface area contributed by atoms with Gasteiger partial charge in [0.25, 0.3) is 0 Å². The van der Waals surface area contributed by atoms with E-state index in [4.69, 9.17) is 0 Å². The smallest absolute Gasteiger partial charge is 0.205 e. The number of nitrogens with zero attached hydrogens (tertiary/aromatic N) is 4. The number of hydrogen-bond acceptors (Lipinski definition) is 5. The van der Waals surface area contributed by atoms with E-state index >= 15 is 0 Å². The fraction of sp³-hybridized carbons (Fsp3) is 0.316. The van der Waals surface area contributed by atoms with Crippen LogP contribution in [0.15, 0.2) is 24.3 Å². The Morgan fingerprint density at radius 2 is 1.77 bits per heavy atom. The Morgan fingerprint density at radius 3 is 2.35 bits per heavy atom. The van der Waals surface area contributed by atoms with Gasteiger partial charge in [-0.2, -0.15) is 4.80 Å². The third-order valence-corrected chi connectivity index (χ3v) is 4.50. The number of benzene rings is 1. The highest BCUT2D eigenvalue weighted by atomic mass is 16.1. The predicted octanol–water partition coefficient (Wildman–Crippen LogP) is 3.24. The van der Waals surface area contributed by atoms with Crippen LogP contribution in [0.2, 0.25) is 0 Å². The minimum Gasteiger partial charge on any atom is -0.355 e. The zero-order valence-corrected chi connectivity index (χ0v) is 15.5. The standard InChI is InChI=1S/C19H21N5O2/c1-10-6-8-15(9-7-10)19-21-23-24(22-19)13(4)18(26)17-11(2)16(14(5)25)12(3)20-17/h6-9,13,20H,1-5H3/t13-/m1/s1. The van der Waals surface area contributed by atoms with Crippen molar-refractivity contribution in [3.05, 3.63) is 52.3 Å². The van der Waals surface area contributed by atoms with E-state index in [1.807, 2.05) is 31.2 Å². The third kappa shape index (κ3) is 3.08. The molecule has 1 atom stereocenters. The summed E-state index contributed by atoms with van der Waals surface area (Å²) >= 11 is 0. The Labute approximate surface area is 151 Å². The second-order valence-corrected chi connectivity index (χ2v) is 6.52. The molecular formula is C19H21N5O2. The first-order chi connectivity index (χ1) is 12.3. The van der Waals surface area contributed by atoms with Crippen molar-refractivity contribution in [2.75, 3.05) is 0 Å². The molecule has 1 aromatic carbocycles. The molecule has 0 spiro atoms. The Bertz CT molecular complexity index is 982. The number of H-pyrrole nitrogens is 1. The van der Waals surface area contributed by atoms with Crippen LogP contribution >= 0.6 is 0 Å². The second kappa shape index (κ2) is 6.67. The van der Waals surface area contributed by atoms with Gasteiger partial charge in [-0.05, 0) is 45.4 Å². The molecule has 0 saturated carbocycles. The molecule has 1 N–H and O–H groups in total. The molecule has 0 radical (unpaired) electrons. The summed E-state index contributed by atoms with van der Waals surface area (Å²) in [5.74, 6) is 0.211. The number of aromatic amines is 1. The van der Waals surface area contributed by atoms with Crippen LogP contribution in [0.4, 0.5) is 0 Å². The maximum atomic E-state index is 12.9. The SMILES string of the molecule is CC(=O)c1c(C)[nH]c(C(=O)[C@@H](C)n2nnc(-c3ccc(C)cc3)n2)c1C. The first-order valence-electron chi connectivity index (χ1n) is 8.40. The van der Waals surface area contributed by atoms with Gasteiger partial charge in [0, 0.05) is 16.8 Å². The number of carbonyl (C=O) groups excluding carboxylic acids is 2. The number of aromatic nitrogens is 5. The van der Waals surface area contributed by atoms with Crippen molar-refractivity contribution in [3.8, 4) is 11.4 Å². The Kier molecular flexibility index (Phi) is 4.54. The summed E-state index contributed by atoms with van der Waals surface area (Å²) in [5.41, 5.74) is 4.31. The van der Waals surface area contributed by atoms with Crippen molar-refractivity contribution in [2.45, 2.75) is 40.7 Å². The van der Waals surface area contributed by atoms with Crippen molar-refractivity contribution < 1.29 is 9.59 Å². The lowest BCUT2D eigenvalue weighted by atomic mass is 10.0. The van der Waals surface area contributed by atoms with Gasteiger partial charge in [0.1, 0.15) is 6.04 Å². The fourth-order valence-corrected chi connectivity index (χ4v) is 3.05. The lowest BCUT2D eigenvalue weighted by Gasteiger charge is -2.08. The van der Waals surface area contributed by atoms with Crippen molar-refractivity contribution in [2.24, 2.45) is 0 Å². The molecule has 0 amide bonds. The molecule has 0 fully saturated rings. The molecule has 26 heavy (non-hydrogen) atoms. The van der Waals surface area contributed by atoms with Crippen LogP contribution in [0.3, 0.4) is 0 Å². The van der Waals surface area contributed by atoms with Crippen LogP contribution in [-0.2, 0) is 0 Å². The molecule has 134 valence electrons. The lowest BCUT2D eigenvalue weighted by Crippen LogP contribution is -2.20. The molecule has 0 aliphatic rings. The topological polar surface area (TPSA) is 93.5 Å². The largest absolute Gasteiger partial charge is 0.355 e. The molecule has 0 bridgehead atoms. The summed E-state index contributed by atoms with van der Waals surface area (Å²) in [4.78, 5) is 29.0. The predicted molar refractivity (Wildman–Crippen MR) is 97.3 cm³/mol. The molecular weight excluding hydrogens is 330 g/mol. The van der Waals surface area contributed by atoms with Gasteiger partial charge in [0.15, 0.2) is 5.78 Å². The van der Waals surface area contributed by atoms with Crippen LogP contribution in [0.1, 0.15) is 57.6 Å². The highest BCUT2D eigenvalue weighted by Gasteiger charge is 2.26. The van der Waals surface area contributed by atoms with Gasteiger partial charge in [0.05, 0.1) is 5.69 Å². The summed E-state index contributed by atoms with van der Waals surface area (Å²) in [5, 5.41) is 12.4. The van der Waals surface area contributed by atoms with E-state index in [1.54, 1.807) is 20.8 Å². The maximum absolute atomic E-state index is 12.9. The zero-order valence-electron chi connectivity index (χ0n) is 15.5. The molecule has 0 aliphatic carbocycles. The first-order valence-corrected chi connectivity index (χ1v) is 8.40. The number of nitrogens with one attached hydrogen (secondary N) is 1. The van der Waals surface area contributed by atoms with Gasteiger partial charge >= 0.3 is 0 Å². The summed E-state index contributed by atoms with van der Waals surface area (Å²) < 4.78 is 0. The molecule has 0 unspecified atom stereocenters. The Balaban J connectivity index is 1.89. The average molecular weight is 351 g/mol. The molecule has 3 rings (SSSR count). The second-order valence-electron chi connectivity index (χ2n) is 6.52. The van der Waals surface area contributed by atoms with Crippen LogP contribution < -0.4 is 0 Å². The van der Waals surface area contributed by atoms with E-state index < -0.39 is 6.04 Å². The van der Waals surface area contributed by atoms with E-state index in [2.05, 4.69) is 20.4 Å². The number of Topliss-reactive ketones (excluding diaryl/α,β-unsaturated/α-hetero) is 2. The summed E-state index contributed by atoms with van der Waals surface area (Å²) in [6.07, 6.45) is 0. The minimum atomic E-state index is -0.641. The molecule has 0 aliphatic heterocycles. The van der Waals surface area contributed by atoms with Crippen molar-refractivity contribution >= 4 is 11.6 Å². The van der Waals surface area contributed by atoms with Crippen molar-refractivity contribution in [1.82, 2.24) is 25.2 Å². The van der Waals surface area contributed by atoms with Crippen molar-refractivity contribution in [3.63, 3.8) is 0 Å². The van der Waals surface area contributed by atoms with Gasteiger partial charge in [-0.25, -0.2) is 0 Å². The van der Waals surface area contributed by atoms with E-state index in [-0.39, 0.29) is 11.6 Å². The van der Waals surface area contributed by atoms with Gasteiger partial charge in [-0.15, -0.1) is 10.2 Å². The number of tetrazole rings is 1. The van der Waals surface area contributed by atoms with Crippen LogP contribution in [0.25, 0.3) is 11.4 Å². The average Bonchev–Trinajstić information content (AvgIpc) is 3.19. The number of aryl methyl sites for hydroxylation is 2. The highest BCUT2D eigenvalue weighted by molar-refractivity contribution is 6.04. The molecule has 3 aromatic rings.